The highest BCUT2D eigenvalue weighted by molar-refractivity contribution is 5.30. The smallest absolute Gasteiger partial charge is 0.229 e. The van der Waals surface area contributed by atoms with Gasteiger partial charge in [-0.25, -0.2) is 0 Å². The van der Waals surface area contributed by atoms with E-state index >= 15 is 0 Å². The zero-order chi connectivity index (χ0) is 13.9. The van der Waals surface area contributed by atoms with E-state index in [-0.39, 0.29) is 11.3 Å². The average Bonchev–Trinajstić information content (AvgIpc) is 2.90. The van der Waals surface area contributed by atoms with Crippen LogP contribution in [-0.2, 0) is 5.41 Å². The third-order valence-corrected chi connectivity index (χ3v) is 3.52. The summed E-state index contributed by atoms with van der Waals surface area (Å²) >= 11 is 0. The van der Waals surface area contributed by atoms with Gasteiger partial charge >= 0.3 is 0 Å². The Labute approximate surface area is 114 Å². The Hall–Kier alpha value is -1.68. The van der Waals surface area contributed by atoms with Crippen molar-refractivity contribution in [1.29, 1.82) is 0 Å². The van der Waals surface area contributed by atoms with Crippen LogP contribution in [0.4, 0.5) is 0 Å². The van der Waals surface area contributed by atoms with Crippen molar-refractivity contribution in [2.75, 3.05) is 6.54 Å². The standard InChI is InChI=1S/C15H21N3O/c1-11(9-10-16)13-17-14(18-19-13)15(2,3)12-7-5-4-6-8-12/h4-8,11H,9-10,16H2,1-3H3. The highest BCUT2D eigenvalue weighted by atomic mass is 16.5. The maximum absolute atomic E-state index is 5.56. The number of nitrogens with two attached hydrogens (primary N) is 1. The van der Waals surface area contributed by atoms with Gasteiger partial charge in [-0.1, -0.05) is 42.4 Å². The molecular weight excluding hydrogens is 238 g/mol. The van der Waals surface area contributed by atoms with Crippen molar-refractivity contribution < 1.29 is 4.52 Å². The maximum Gasteiger partial charge on any atom is 0.229 e. The monoisotopic (exact) mass is 259 g/mol. The van der Waals surface area contributed by atoms with Gasteiger partial charge in [-0.3, -0.25) is 0 Å². The highest BCUT2D eigenvalue weighted by Crippen LogP contribution is 2.30. The van der Waals surface area contributed by atoms with E-state index in [4.69, 9.17) is 10.3 Å². The molecule has 0 radical (unpaired) electrons. The lowest BCUT2D eigenvalue weighted by Crippen LogP contribution is -2.20. The van der Waals surface area contributed by atoms with Crippen molar-refractivity contribution in [2.24, 2.45) is 5.73 Å². The van der Waals surface area contributed by atoms with Gasteiger partial charge in [0.2, 0.25) is 5.89 Å². The Kier molecular flexibility index (Phi) is 4.00. The maximum atomic E-state index is 5.56. The Balaban J connectivity index is 2.27. The van der Waals surface area contributed by atoms with E-state index in [1.807, 2.05) is 18.2 Å². The van der Waals surface area contributed by atoms with Crippen LogP contribution in [0.3, 0.4) is 0 Å². The molecule has 102 valence electrons. The molecule has 19 heavy (non-hydrogen) atoms. The second kappa shape index (κ2) is 5.53. The van der Waals surface area contributed by atoms with Gasteiger partial charge in [0.05, 0.1) is 5.41 Å². The lowest BCUT2D eigenvalue weighted by Gasteiger charge is -2.20. The molecule has 1 atom stereocenters. The topological polar surface area (TPSA) is 64.9 Å². The van der Waals surface area contributed by atoms with Gasteiger partial charge in [0.15, 0.2) is 5.82 Å². The fourth-order valence-corrected chi connectivity index (χ4v) is 2.05. The number of aromatic nitrogens is 2. The molecule has 4 nitrogen and oxygen atoms in total. The molecule has 0 aliphatic heterocycles. The van der Waals surface area contributed by atoms with E-state index in [0.717, 1.165) is 12.2 Å². The summed E-state index contributed by atoms with van der Waals surface area (Å²) in [7, 11) is 0. The third-order valence-electron chi connectivity index (χ3n) is 3.52. The summed E-state index contributed by atoms with van der Waals surface area (Å²) in [6, 6.07) is 10.2. The van der Waals surface area contributed by atoms with Crippen molar-refractivity contribution in [3.8, 4) is 0 Å². The summed E-state index contributed by atoms with van der Waals surface area (Å²) in [6.45, 7) is 6.88. The quantitative estimate of drug-likeness (QED) is 0.896. The normalized spacial score (nSPS) is 13.5. The molecule has 0 amide bonds. The van der Waals surface area contributed by atoms with E-state index in [9.17, 15) is 0 Å². The fraction of sp³-hybridized carbons (Fsp3) is 0.467. The fourth-order valence-electron chi connectivity index (χ4n) is 2.05. The molecule has 1 aromatic carbocycles. The van der Waals surface area contributed by atoms with Gasteiger partial charge in [0.25, 0.3) is 0 Å². The highest BCUT2D eigenvalue weighted by Gasteiger charge is 2.29. The number of benzene rings is 1. The molecule has 0 aliphatic carbocycles. The molecule has 0 spiro atoms. The predicted octanol–water partition coefficient (Wildman–Crippen LogP) is 2.85. The van der Waals surface area contributed by atoms with Crippen LogP contribution >= 0.6 is 0 Å². The van der Waals surface area contributed by atoms with E-state index in [2.05, 4.69) is 43.0 Å². The molecule has 1 aromatic heterocycles. The van der Waals surface area contributed by atoms with Crippen molar-refractivity contribution in [1.82, 2.24) is 10.1 Å². The summed E-state index contributed by atoms with van der Waals surface area (Å²) in [4.78, 5) is 4.54. The first-order valence-corrected chi connectivity index (χ1v) is 6.65. The van der Waals surface area contributed by atoms with Crippen LogP contribution in [-0.4, -0.2) is 16.7 Å². The van der Waals surface area contributed by atoms with Crippen LogP contribution in [0.25, 0.3) is 0 Å². The number of hydrogen-bond acceptors (Lipinski definition) is 4. The molecule has 0 saturated carbocycles. The lowest BCUT2D eigenvalue weighted by molar-refractivity contribution is 0.345. The molecule has 4 heteroatoms. The molecule has 1 heterocycles. The average molecular weight is 259 g/mol. The van der Waals surface area contributed by atoms with Gasteiger partial charge in [-0.05, 0) is 32.4 Å². The molecule has 1 unspecified atom stereocenters. The van der Waals surface area contributed by atoms with Gasteiger partial charge in [0.1, 0.15) is 0 Å². The first-order valence-electron chi connectivity index (χ1n) is 6.65. The second-order valence-electron chi connectivity index (χ2n) is 5.43. The van der Waals surface area contributed by atoms with Gasteiger partial charge in [-0.2, -0.15) is 4.98 Å². The zero-order valence-corrected chi connectivity index (χ0v) is 11.8. The predicted molar refractivity (Wildman–Crippen MR) is 75.0 cm³/mol. The summed E-state index contributed by atoms with van der Waals surface area (Å²) in [5.74, 6) is 1.60. The van der Waals surface area contributed by atoms with E-state index < -0.39 is 0 Å². The molecule has 0 aliphatic rings. The zero-order valence-electron chi connectivity index (χ0n) is 11.8. The van der Waals surface area contributed by atoms with Crippen LogP contribution in [0, 0.1) is 0 Å². The number of nitrogens with zero attached hydrogens (tertiary/aromatic N) is 2. The van der Waals surface area contributed by atoms with E-state index in [1.54, 1.807) is 0 Å². The molecule has 0 fully saturated rings. The Morgan fingerprint density at radius 2 is 1.95 bits per heavy atom. The third kappa shape index (κ3) is 2.84. The summed E-state index contributed by atoms with van der Waals surface area (Å²) < 4.78 is 5.37. The second-order valence-corrected chi connectivity index (χ2v) is 5.43. The van der Waals surface area contributed by atoms with Crippen molar-refractivity contribution in [3.05, 3.63) is 47.6 Å². The van der Waals surface area contributed by atoms with Gasteiger partial charge in [0, 0.05) is 5.92 Å². The Bertz CT molecular complexity index is 519. The largest absolute Gasteiger partial charge is 0.339 e. The minimum atomic E-state index is -0.258. The van der Waals surface area contributed by atoms with Crippen molar-refractivity contribution in [3.63, 3.8) is 0 Å². The number of hydrogen-bond donors (Lipinski definition) is 1. The number of rotatable bonds is 5. The van der Waals surface area contributed by atoms with Crippen molar-refractivity contribution in [2.45, 2.75) is 38.5 Å². The first kappa shape index (κ1) is 13.7. The lowest BCUT2D eigenvalue weighted by atomic mass is 9.84. The van der Waals surface area contributed by atoms with Gasteiger partial charge < -0.3 is 10.3 Å². The summed E-state index contributed by atoms with van der Waals surface area (Å²) in [5, 5.41) is 4.14. The summed E-state index contributed by atoms with van der Waals surface area (Å²) in [5.41, 5.74) is 6.48. The molecular formula is C15H21N3O. The van der Waals surface area contributed by atoms with Crippen molar-refractivity contribution >= 4 is 0 Å². The minimum Gasteiger partial charge on any atom is -0.339 e. The van der Waals surface area contributed by atoms with Crippen LogP contribution in [0.2, 0.25) is 0 Å². The Morgan fingerprint density at radius 3 is 2.58 bits per heavy atom. The molecule has 2 aromatic rings. The molecule has 2 rings (SSSR count). The van der Waals surface area contributed by atoms with Crippen LogP contribution in [0.1, 0.15) is 50.4 Å². The van der Waals surface area contributed by atoms with Crippen LogP contribution in [0.15, 0.2) is 34.9 Å². The van der Waals surface area contributed by atoms with E-state index in [0.29, 0.717) is 12.4 Å². The van der Waals surface area contributed by atoms with E-state index in [1.165, 1.54) is 5.56 Å². The SMILES string of the molecule is CC(CCN)c1nc(C(C)(C)c2ccccc2)no1. The Morgan fingerprint density at radius 1 is 1.26 bits per heavy atom. The first-order chi connectivity index (χ1) is 9.05. The minimum absolute atomic E-state index is 0.206. The molecule has 0 saturated heterocycles. The van der Waals surface area contributed by atoms with Crippen LogP contribution < -0.4 is 5.73 Å². The summed E-state index contributed by atoms with van der Waals surface area (Å²) in [6.07, 6.45) is 0.855. The van der Waals surface area contributed by atoms with Gasteiger partial charge in [-0.15, -0.1) is 0 Å². The van der Waals surface area contributed by atoms with Crippen LogP contribution in [0.5, 0.6) is 0 Å². The molecule has 0 bridgehead atoms. The molecule has 2 N–H and O–H groups in total.